The molecule has 0 spiro atoms. The highest BCUT2D eigenvalue weighted by Crippen LogP contribution is 2.19. The second-order valence-corrected chi connectivity index (χ2v) is 7.45. The smallest absolute Gasteiger partial charge is 0.251 e. The second kappa shape index (κ2) is 10.5. The maximum Gasteiger partial charge on any atom is 0.251 e. The molecule has 0 radical (unpaired) electrons. The maximum absolute atomic E-state index is 12.3. The molecule has 150 valence electrons. The number of amides is 1. The van der Waals surface area contributed by atoms with E-state index in [0.717, 1.165) is 45.8 Å². The summed E-state index contributed by atoms with van der Waals surface area (Å²) in [6.07, 6.45) is 0.789. The van der Waals surface area contributed by atoms with Crippen molar-refractivity contribution in [3.63, 3.8) is 0 Å². The monoisotopic (exact) mass is 401 g/mol. The van der Waals surface area contributed by atoms with E-state index < -0.39 is 0 Å². The zero-order valence-electron chi connectivity index (χ0n) is 16.4. The van der Waals surface area contributed by atoms with Gasteiger partial charge in [0.2, 0.25) is 0 Å². The summed E-state index contributed by atoms with van der Waals surface area (Å²) >= 11 is 5.88. The Morgan fingerprint density at radius 3 is 2.61 bits per heavy atom. The topological polar surface area (TPSA) is 44.8 Å². The summed E-state index contributed by atoms with van der Waals surface area (Å²) in [6, 6.07) is 15.3. The van der Waals surface area contributed by atoms with Crippen LogP contribution in [-0.2, 0) is 11.2 Å². The summed E-state index contributed by atoms with van der Waals surface area (Å²) in [5.74, 6) is -0.0742. The molecule has 1 heterocycles. The number of morpholine rings is 1. The molecule has 1 saturated heterocycles. The Hall–Kier alpha value is -2.08. The van der Waals surface area contributed by atoms with Gasteiger partial charge in [0.25, 0.3) is 5.91 Å². The lowest BCUT2D eigenvalue weighted by molar-refractivity contribution is 0.0393. The highest BCUT2D eigenvalue weighted by molar-refractivity contribution is 6.30. The van der Waals surface area contributed by atoms with Crippen LogP contribution in [0.4, 0.5) is 5.69 Å². The normalized spacial score (nSPS) is 14.6. The molecule has 28 heavy (non-hydrogen) atoms. The van der Waals surface area contributed by atoms with Gasteiger partial charge in [-0.15, -0.1) is 0 Å². The van der Waals surface area contributed by atoms with Gasteiger partial charge < -0.3 is 15.0 Å². The number of nitrogens with zero attached hydrogens (tertiary/aromatic N) is 2. The first-order valence-electron chi connectivity index (χ1n) is 9.76. The number of rotatable bonds is 8. The molecule has 3 rings (SSSR count). The predicted molar refractivity (Wildman–Crippen MR) is 114 cm³/mol. The van der Waals surface area contributed by atoms with Gasteiger partial charge in [-0.05, 0) is 42.3 Å². The fraction of sp³-hybridized carbons (Fsp3) is 0.409. The minimum absolute atomic E-state index is 0.0742. The van der Waals surface area contributed by atoms with E-state index in [2.05, 4.69) is 46.4 Å². The van der Waals surface area contributed by atoms with E-state index in [1.807, 2.05) is 0 Å². The largest absolute Gasteiger partial charge is 0.379 e. The van der Waals surface area contributed by atoms with Crippen molar-refractivity contribution in [1.29, 1.82) is 0 Å². The molecular formula is C22H28ClN3O2. The highest BCUT2D eigenvalue weighted by atomic mass is 35.5. The van der Waals surface area contributed by atoms with Gasteiger partial charge in [-0.3, -0.25) is 9.69 Å². The molecule has 1 aliphatic heterocycles. The molecule has 0 atom stereocenters. The summed E-state index contributed by atoms with van der Waals surface area (Å²) in [6.45, 7) is 6.26. The van der Waals surface area contributed by atoms with Gasteiger partial charge >= 0.3 is 0 Å². The number of benzene rings is 2. The first-order valence-corrected chi connectivity index (χ1v) is 10.1. The van der Waals surface area contributed by atoms with Gasteiger partial charge in [-0.2, -0.15) is 0 Å². The molecule has 0 saturated carbocycles. The Labute approximate surface area is 172 Å². The maximum atomic E-state index is 12.3. The van der Waals surface area contributed by atoms with Crippen LogP contribution in [0.25, 0.3) is 0 Å². The molecule has 5 nitrogen and oxygen atoms in total. The average molecular weight is 402 g/mol. The molecule has 0 bridgehead atoms. The number of hydrogen-bond acceptors (Lipinski definition) is 4. The Balaban J connectivity index is 1.51. The van der Waals surface area contributed by atoms with Crippen LogP contribution in [0.15, 0.2) is 48.5 Å². The van der Waals surface area contributed by atoms with Crippen molar-refractivity contribution in [3.05, 3.63) is 64.7 Å². The number of halogens is 1. The van der Waals surface area contributed by atoms with Crippen LogP contribution in [0.5, 0.6) is 0 Å². The third-order valence-corrected chi connectivity index (χ3v) is 5.30. The number of hydrogen-bond donors (Lipinski definition) is 1. The predicted octanol–water partition coefficient (Wildman–Crippen LogP) is 3.08. The van der Waals surface area contributed by atoms with Crippen LogP contribution in [0, 0.1) is 0 Å². The molecular weight excluding hydrogens is 374 g/mol. The molecule has 2 aromatic carbocycles. The molecule has 2 aromatic rings. The fourth-order valence-electron chi connectivity index (χ4n) is 3.35. The third-order valence-electron chi connectivity index (χ3n) is 5.04. The number of anilines is 1. The Kier molecular flexibility index (Phi) is 7.71. The van der Waals surface area contributed by atoms with Crippen molar-refractivity contribution in [2.45, 2.75) is 6.42 Å². The van der Waals surface area contributed by atoms with E-state index in [0.29, 0.717) is 17.1 Å². The number of para-hydroxylation sites is 1. The summed E-state index contributed by atoms with van der Waals surface area (Å²) in [5, 5.41) is 3.62. The van der Waals surface area contributed by atoms with E-state index in [1.54, 1.807) is 24.3 Å². The van der Waals surface area contributed by atoms with Gasteiger partial charge in [0, 0.05) is 56.0 Å². The Morgan fingerprint density at radius 2 is 1.86 bits per heavy atom. The number of carbonyl (C=O) groups excluding carboxylic acids is 1. The van der Waals surface area contributed by atoms with Crippen molar-refractivity contribution in [2.24, 2.45) is 0 Å². The van der Waals surface area contributed by atoms with Crippen molar-refractivity contribution in [1.82, 2.24) is 10.2 Å². The van der Waals surface area contributed by atoms with Crippen LogP contribution >= 0.6 is 11.6 Å². The summed E-state index contributed by atoms with van der Waals surface area (Å²) in [5.41, 5.74) is 3.08. The molecule has 6 heteroatoms. The molecule has 1 amide bonds. The Morgan fingerprint density at radius 1 is 1.14 bits per heavy atom. The van der Waals surface area contributed by atoms with Gasteiger partial charge in [-0.25, -0.2) is 0 Å². The quantitative estimate of drug-likeness (QED) is 0.738. The lowest BCUT2D eigenvalue weighted by Gasteiger charge is -2.30. The molecule has 0 aromatic heterocycles. The average Bonchev–Trinajstić information content (AvgIpc) is 2.73. The second-order valence-electron chi connectivity index (χ2n) is 7.02. The number of likely N-dealkylation sites (N-methyl/N-ethyl adjacent to an activating group) is 1. The molecule has 1 aliphatic rings. The summed E-state index contributed by atoms with van der Waals surface area (Å²) in [7, 11) is 2.13. The zero-order chi connectivity index (χ0) is 19.8. The minimum Gasteiger partial charge on any atom is -0.379 e. The minimum atomic E-state index is -0.0742. The van der Waals surface area contributed by atoms with Crippen molar-refractivity contribution in [3.8, 4) is 0 Å². The van der Waals surface area contributed by atoms with E-state index in [9.17, 15) is 4.79 Å². The first-order chi connectivity index (χ1) is 13.6. The molecule has 0 unspecified atom stereocenters. The van der Waals surface area contributed by atoms with E-state index in [4.69, 9.17) is 16.3 Å². The van der Waals surface area contributed by atoms with Crippen molar-refractivity contribution >= 4 is 23.2 Å². The molecule has 0 aliphatic carbocycles. The van der Waals surface area contributed by atoms with E-state index in [-0.39, 0.29) is 5.91 Å². The van der Waals surface area contributed by atoms with Crippen LogP contribution in [0.3, 0.4) is 0 Å². The summed E-state index contributed by atoms with van der Waals surface area (Å²) in [4.78, 5) is 17.0. The van der Waals surface area contributed by atoms with Crippen LogP contribution < -0.4 is 10.2 Å². The van der Waals surface area contributed by atoms with Gasteiger partial charge in [0.1, 0.15) is 0 Å². The molecule has 1 N–H and O–H groups in total. The standard InChI is InChI=1S/C22H28ClN3O2/c1-25(12-13-26-14-16-28-17-15-26)21-5-3-2-4-18(21)10-11-24-22(27)19-6-8-20(23)9-7-19/h2-9H,10-17H2,1H3,(H,24,27). The van der Waals surface area contributed by atoms with Crippen molar-refractivity contribution in [2.75, 3.05) is 57.9 Å². The molecule has 1 fully saturated rings. The fourth-order valence-corrected chi connectivity index (χ4v) is 3.47. The zero-order valence-corrected chi connectivity index (χ0v) is 17.1. The lowest BCUT2D eigenvalue weighted by Crippen LogP contribution is -2.40. The highest BCUT2D eigenvalue weighted by Gasteiger charge is 2.13. The van der Waals surface area contributed by atoms with E-state index >= 15 is 0 Å². The SMILES string of the molecule is CN(CCN1CCOCC1)c1ccccc1CCNC(=O)c1ccc(Cl)cc1. The van der Waals surface area contributed by atoms with E-state index in [1.165, 1.54) is 11.3 Å². The number of nitrogens with one attached hydrogen (secondary N) is 1. The Bertz CT molecular complexity index is 761. The van der Waals surface area contributed by atoms with Crippen LogP contribution in [-0.4, -0.2) is 63.8 Å². The van der Waals surface area contributed by atoms with Crippen molar-refractivity contribution < 1.29 is 9.53 Å². The number of ether oxygens (including phenoxy) is 1. The van der Waals surface area contributed by atoms with Gasteiger partial charge in [0.05, 0.1) is 13.2 Å². The first kappa shape index (κ1) is 20.6. The summed E-state index contributed by atoms with van der Waals surface area (Å²) < 4.78 is 5.42. The van der Waals surface area contributed by atoms with Gasteiger partial charge in [-0.1, -0.05) is 29.8 Å². The lowest BCUT2D eigenvalue weighted by atomic mass is 10.1. The van der Waals surface area contributed by atoms with Crippen LogP contribution in [0.2, 0.25) is 5.02 Å². The van der Waals surface area contributed by atoms with Crippen LogP contribution in [0.1, 0.15) is 15.9 Å². The number of carbonyl (C=O) groups is 1. The third kappa shape index (κ3) is 5.96. The van der Waals surface area contributed by atoms with Gasteiger partial charge in [0.15, 0.2) is 0 Å².